The Morgan fingerprint density at radius 1 is 1.37 bits per heavy atom. The molecule has 0 amide bonds. The topological polar surface area (TPSA) is 115 Å². The maximum absolute atomic E-state index is 12.1. The van der Waals surface area contributed by atoms with Crippen molar-refractivity contribution in [2.24, 2.45) is 5.73 Å². The number of sulfonamides is 1. The first kappa shape index (κ1) is 13.9. The third kappa shape index (κ3) is 2.75. The Labute approximate surface area is 111 Å². The van der Waals surface area contributed by atoms with E-state index >= 15 is 0 Å². The summed E-state index contributed by atoms with van der Waals surface area (Å²) in [6, 6.07) is 2.06. The van der Waals surface area contributed by atoms with Crippen LogP contribution < -0.4 is 10.5 Å². The summed E-state index contributed by atoms with van der Waals surface area (Å²) in [5.74, 6) is 0. The highest BCUT2D eigenvalue weighted by Gasteiger charge is 2.39. The van der Waals surface area contributed by atoms with Crippen LogP contribution in [0.15, 0.2) is 17.0 Å². The van der Waals surface area contributed by atoms with Gasteiger partial charge in [0.15, 0.2) is 4.90 Å². The number of nitrogens with zero attached hydrogens (tertiary/aromatic N) is 1. The van der Waals surface area contributed by atoms with Gasteiger partial charge in [0.2, 0.25) is 10.0 Å². The number of hydrogen-bond donors (Lipinski definition) is 2. The average molecular weight is 285 g/mol. The van der Waals surface area contributed by atoms with Gasteiger partial charge in [0.05, 0.1) is 4.92 Å². The molecule has 3 N–H and O–H groups in total. The molecule has 2 unspecified atom stereocenters. The summed E-state index contributed by atoms with van der Waals surface area (Å²) in [5, 5.41) is 11.0. The van der Waals surface area contributed by atoms with Gasteiger partial charge in [-0.1, -0.05) is 0 Å². The molecule has 1 aromatic rings. The van der Waals surface area contributed by atoms with Crippen molar-refractivity contribution in [2.75, 3.05) is 0 Å². The molecule has 2 rings (SSSR count). The summed E-state index contributed by atoms with van der Waals surface area (Å²) in [5.41, 5.74) is 6.49. The van der Waals surface area contributed by atoms with Gasteiger partial charge in [-0.3, -0.25) is 10.1 Å². The van der Waals surface area contributed by atoms with Crippen LogP contribution in [0.3, 0.4) is 0 Å². The van der Waals surface area contributed by atoms with Gasteiger partial charge in [-0.25, -0.2) is 13.1 Å². The lowest BCUT2D eigenvalue weighted by atomic mass is 10.1. The Bertz CT molecular complexity index is 642. The molecular weight excluding hydrogens is 270 g/mol. The van der Waals surface area contributed by atoms with Crippen molar-refractivity contribution in [2.45, 2.75) is 37.2 Å². The Morgan fingerprint density at radius 2 is 1.89 bits per heavy atom. The van der Waals surface area contributed by atoms with Gasteiger partial charge in [-0.15, -0.1) is 0 Å². The van der Waals surface area contributed by atoms with Crippen molar-refractivity contribution in [3.05, 3.63) is 33.4 Å². The van der Waals surface area contributed by atoms with Crippen LogP contribution in [0.5, 0.6) is 0 Å². The van der Waals surface area contributed by atoms with Crippen molar-refractivity contribution >= 4 is 15.7 Å². The second-order valence-corrected chi connectivity index (χ2v) is 6.47. The molecule has 1 saturated carbocycles. The van der Waals surface area contributed by atoms with Crippen molar-refractivity contribution in [3.8, 4) is 0 Å². The first-order valence-corrected chi connectivity index (χ1v) is 7.24. The largest absolute Gasteiger partial charge is 0.326 e. The van der Waals surface area contributed by atoms with Crippen LogP contribution in [-0.4, -0.2) is 25.4 Å². The highest BCUT2D eigenvalue weighted by atomic mass is 32.2. The lowest BCUT2D eigenvalue weighted by Gasteiger charge is -2.09. The first-order valence-electron chi connectivity index (χ1n) is 5.76. The fourth-order valence-corrected chi connectivity index (χ4v) is 3.28. The molecule has 1 aliphatic rings. The van der Waals surface area contributed by atoms with Gasteiger partial charge in [0.1, 0.15) is 0 Å². The van der Waals surface area contributed by atoms with Crippen LogP contribution in [0.25, 0.3) is 0 Å². The Hall–Kier alpha value is -1.51. The molecule has 0 radical (unpaired) electrons. The zero-order chi connectivity index (χ0) is 14.4. The van der Waals surface area contributed by atoms with E-state index in [1.807, 2.05) is 0 Å². The van der Waals surface area contributed by atoms with E-state index in [0.29, 0.717) is 17.5 Å². The van der Waals surface area contributed by atoms with E-state index < -0.39 is 20.6 Å². The number of aryl methyl sites for hydroxylation is 2. The van der Waals surface area contributed by atoms with Crippen molar-refractivity contribution in [1.82, 2.24) is 4.72 Å². The number of benzene rings is 1. The lowest BCUT2D eigenvalue weighted by molar-refractivity contribution is -0.387. The summed E-state index contributed by atoms with van der Waals surface area (Å²) in [6.07, 6.45) is 0.553. The van der Waals surface area contributed by atoms with E-state index in [0.717, 1.165) is 0 Å². The van der Waals surface area contributed by atoms with Crippen molar-refractivity contribution in [1.29, 1.82) is 0 Å². The van der Waals surface area contributed by atoms with Gasteiger partial charge in [-0.2, -0.15) is 0 Å². The van der Waals surface area contributed by atoms with Crippen LogP contribution in [0.2, 0.25) is 0 Å². The molecule has 7 nitrogen and oxygen atoms in total. The van der Waals surface area contributed by atoms with Gasteiger partial charge in [0.25, 0.3) is 5.69 Å². The number of nitrogens with two attached hydrogens (primary N) is 1. The molecule has 0 aliphatic heterocycles. The van der Waals surface area contributed by atoms with Crippen LogP contribution in [0, 0.1) is 24.0 Å². The molecule has 2 atom stereocenters. The van der Waals surface area contributed by atoms with E-state index in [4.69, 9.17) is 5.73 Å². The molecule has 19 heavy (non-hydrogen) atoms. The number of rotatable bonds is 4. The monoisotopic (exact) mass is 285 g/mol. The number of nitrogens with one attached hydrogen (secondary N) is 1. The maximum Gasteiger partial charge on any atom is 0.289 e. The third-order valence-corrected chi connectivity index (χ3v) is 4.73. The second kappa shape index (κ2) is 4.55. The van der Waals surface area contributed by atoms with Crippen molar-refractivity contribution in [3.63, 3.8) is 0 Å². The molecule has 1 aliphatic carbocycles. The van der Waals surface area contributed by atoms with Gasteiger partial charge < -0.3 is 5.73 Å². The van der Waals surface area contributed by atoms with E-state index in [-0.39, 0.29) is 17.0 Å². The van der Waals surface area contributed by atoms with E-state index in [1.165, 1.54) is 12.1 Å². The van der Waals surface area contributed by atoms with Crippen LogP contribution in [-0.2, 0) is 10.0 Å². The molecule has 0 saturated heterocycles. The van der Waals surface area contributed by atoms with E-state index in [2.05, 4.69) is 4.72 Å². The summed E-state index contributed by atoms with van der Waals surface area (Å²) >= 11 is 0. The molecule has 1 aromatic carbocycles. The smallest absolute Gasteiger partial charge is 0.289 e. The van der Waals surface area contributed by atoms with Crippen molar-refractivity contribution < 1.29 is 13.3 Å². The summed E-state index contributed by atoms with van der Waals surface area (Å²) in [4.78, 5) is 9.99. The summed E-state index contributed by atoms with van der Waals surface area (Å²) < 4.78 is 26.7. The van der Waals surface area contributed by atoms with Gasteiger partial charge >= 0.3 is 0 Å². The van der Waals surface area contributed by atoms with Gasteiger partial charge in [0, 0.05) is 18.2 Å². The molecule has 0 heterocycles. The van der Waals surface area contributed by atoms with Crippen LogP contribution in [0.4, 0.5) is 5.69 Å². The first-order chi connectivity index (χ1) is 8.72. The Balaban J connectivity index is 2.48. The zero-order valence-electron chi connectivity index (χ0n) is 10.6. The highest BCUT2D eigenvalue weighted by Crippen LogP contribution is 2.29. The summed E-state index contributed by atoms with van der Waals surface area (Å²) in [6.45, 7) is 3.41. The molecule has 0 aromatic heterocycles. The fourth-order valence-electron chi connectivity index (χ4n) is 1.75. The molecule has 0 spiro atoms. The zero-order valence-corrected chi connectivity index (χ0v) is 11.4. The number of nitro groups is 1. The normalized spacial score (nSPS) is 22.3. The third-order valence-electron chi connectivity index (χ3n) is 3.21. The minimum absolute atomic E-state index is 0.208. The Morgan fingerprint density at radius 3 is 2.37 bits per heavy atom. The summed E-state index contributed by atoms with van der Waals surface area (Å²) in [7, 11) is -3.92. The molecule has 104 valence electrons. The lowest BCUT2D eigenvalue weighted by Crippen LogP contribution is -2.30. The SMILES string of the molecule is Cc1cc([N+](=O)[O-])c(S(=O)(=O)NC2CC2N)cc1C. The van der Waals surface area contributed by atoms with Crippen LogP contribution >= 0.6 is 0 Å². The minimum Gasteiger partial charge on any atom is -0.326 e. The second-order valence-electron chi connectivity index (χ2n) is 4.79. The quantitative estimate of drug-likeness (QED) is 0.620. The minimum atomic E-state index is -3.92. The van der Waals surface area contributed by atoms with Crippen LogP contribution in [0.1, 0.15) is 17.5 Å². The Kier molecular flexibility index (Phi) is 3.33. The molecule has 1 fully saturated rings. The molecule has 0 bridgehead atoms. The predicted octanol–water partition coefficient (Wildman–Crippen LogP) is 0.590. The number of nitro benzene ring substituents is 1. The average Bonchev–Trinajstić information content (AvgIpc) is 2.96. The molecular formula is C11H15N3O4S. The standard InChI is InChI=1S/C11H15N3O4S/c1-6-3-10(14(15)16)11(4-7(6)2)19(17,18)13-9-5-8(9)12/h3-4,8-9,13H,5,12H2,1-2H3. The van der Waals surface area contributed by atoms with E-state index in [9.17, 15) is 18.5 Å². The molecule has 8 heteroatoms. The fraction of sp³-hybridized carbons (Fsp3) is 0.455. The number of hydrogen-bond acceptors (Lipinski definition) is 5. The van der Waals surface area contributed by atoms with Gasteiger partial charge in [-0.05, 0) is 37.5 Å². The van der Waals surface area contributed by atoms with E-state index in [1.54, 1.807) is 13.8 Å². The maximum atomic E-state index is 12.1. The highest BCUT2D eigenvalue weighted by molar-refractivity contribution is 7.89. The predicted molar refractivity (Wildman–Crippen MR) is 69.3 cm³/mol.